The van der Waals surface area contributed by atoms with Gasteiger partial charge >= 0.3 is 0 Å². The van der Waals surface area contributed by atoms with Crippen molar-refractivity contribution in [1.29, 1.82) is 0 Å². The largest absolute Gasteiger partial charge is 0.493 e. The van der Waals surface area contributed by atoms with E-state index < -0.39 is 23.0 Å². The second-order valence-corrected chi connectivity index (χ2v) is 9.72. The Hall–Kier alpha value is -3.92. The highest BCUT2D eigenvalue weighted by molar-refractivity contribution is 6.13. The van der Waals surface area contributed by atoms with Crippen molar-refractivity contribution < 1.29 is 28.2 Å². The zero-order valence-electron chi connectivity index (χ0n) is 22.9. The lowest BCUT2D eigenvalue weighted by Crippen LogP contribution is -2.38. The Labute approximate surface area is 227 Å². The molecule has 1 aliphatic carbocycles. The summed E-state index contributed by atoms with van der Waals surface area (Å²) in [6.45, 7) is 10.9. The molecule has 1 saturated carbocycles. The van der Waals surface area contributed by atoms with Crippen molar-refractivity contribution in [3.63, 3.8) is 0 Å². The van der Waals surface area contributed by atoms with Crippen LogP contribution in [0.2, 0.25) is 0 Å². The van der Waals surface area contributed by atoms with Crippen LogP contribution in [0.1, 0.15) is 27.7 Å². The molecule has 1 fully saturated rings. The van der Waals surface area contributed by atoms with Crippen LogP contribution in [-0.2, 0) is 9.59 Å². The molecule has 0 bridgehead atoms. The van der Waals surface area contributed by atoms with Gasteiger partial charge in [-0.25, -0.2) is 4.39 Å². The maximum absolute atomic E-state index is 15.1. The van der Waals surface area contributed by atoms with Crippen molar-refractivity contribution in [1.82, 2.24) is 9.88 Å². The SMILES string of the molecule is CCN(CC)CCOc1cc2nccc(Oc3ccc(NC(=O)C4(C(N)=O)[C@H](C)[C@H]4C)cc3F)c2cc1OC. The second-order valence-electron chi connectivity index (χ2n) is 9.72. The molecule has 2 aromatic carbocycles. The molecule has 0 aliphatic heterocycles. The van der Waals surface area contributed by atoms with E-state index in [0.29, 0.717) is 34.8 Å². The minimum atomic E-state index is -1.28. The van der Waals surface area contributed by atoms with Crippen LogP contribution >= 0.6 is 0 Å². The number of nitrogens with one attached hydrogen (secondary N) is 1. The number of carbonyl (C=O) groups is 2. The topological polar surface area (TPSA) is 116 Å². The molecule has 0 radical (unpaired) electrons. The highest BCUT2D eigenvalue weighted by Crippen LogP contribution is 2.58. The lowest BCUT2D eigenvalue weighted by molar-refractivity contribution is -0.133. The summed E-state index contributed by atoms with van der Waals surface area (Å²) in [4.78, 5) is 31.5. The third-order valence-corrected chi connectivity index (χ3v) is 7.82. The highest BCUT2D eigenvalue weighted by atomic mass is 19.1. The van der Waals surface area contributed by atoms with Gasteiger partial charge in [-0.05, 0) is 49.2 Å². The van der Waals surface area contributed by atoms with E-state index in [1.165, 1.54) is 12.1 Å². The Balaban J connectivity index is 1.52. The maximum atomic E-state index is 15.1. The Morgan fingerprint density at radius 2 is 1.77 bits per heavy atom. The molecule has 0 spiro atoms. The predicted molar refractivity (Wildman–Crippen MR) is 147 cm³/mol. The van der Waals surface area contributed by atoms with E-state index in [0.717, 1.165) is 25.7 Å². The minimum Gasteiger partial charge on any atom is -0.493 e. The van der Waals surface area contributed by atoms with Crippen LogP contribution in [0.15, 0.2) is 42.6 Å². The van der Waals surface area contributed by atoms with Crippen molar-refractivity contribution in [2.24, 2.45) is 23.0 Å². The highest BCUT2D eigenvalue weighted by Gasteiger charge is 2.69. The van der Waals surface area contributed by atoms with Gasteiger partial charge in [-0.15, -0.1) is 0 Å². The van der Waals surface area contributed by atoms with Gasteiger partial charge < -0.3 is 30.2 Å². The zero-order chi connectivity index (χ0) is 28.3. The maximum Gasteiger partial charge on any atom is 0.240 e. The van der Waals surface area contributed by atoms with Crippen LogP contribution in [0.5, 0.6) is 23.0 Å². The molecular formula is C29H35FN4O5. The number of primary amides is 1. The summed E-state index contributed by atoms with van der Waals surface area (Å²) in [6, 6.07) is 9.21. The fourth-order valence-electron chi connectivity index (χ4n) is 5.08. The van der Waals surface area contributed by atoms with Crippen LogP contribution in [0.4, 0.5) is 10.1 Å². The normalized spacial score (nSPS) is 20.1. The van der Waals surface area contributed by atoms with E-state index in [1.807, 2.05) is 0 Å². The van der Waals surface area contributed by atoms with E-state index in [1.54, 1.807) is 45.4 Å². The number of methoxy groups -OCH3 is 1. The van der Waals surface area contributed by atoms with E-state index in [4.69, 9.17) is 19.9 Å². The lowest BCUT2D eigenvalue weighted by atomic mass is 10.00. The smallest absolute Gasteiger partial charge is 0.240 e. The van der Waals surface area contributed by atoms with Gasteiger partial charge in [-0.3, -0.25) is 14.6 Å². The molecule has 4 rings (SSSR count). The lowest BCUT2D eigenvalue weighted by Gasteiger charge is -2.19. The third-order valence-electron chi connectivity index (χ3n) is 7.82. The molecular weight excluding hydrogens is 503 g/mol. The molecule has 0 saturated heterocycles. The fraction of sp³-hybridized carbons (Fsp3) is 0.414. The number of carbonyl (C=O) groups excluding carboxylic acids is 2. The van der Waals surface area contributed by atoms with Crippen molar-refractivity contribution in [3.8, 4) is 23.0 Å². The summed E-state index contributed by atoms with van der Waals surface area (Å²) in [5, 5.41) is 3.24. The van der Waals surface area contributed by atoms with Gasteiger partial charge in [-0.2, -0.15) is 0 Å². The number of hydrogen-bond acceptors (Lipinski definition) is 7. The zero-order valence-corrected chi connectivity index (χ0v) is 22.9. The number of likely N-dealkylation sites (N-methyl/N-ethyl adjacent to an activating group) is 1. The van der Waals surface area contributed by atoms with Crippen LogP contribution in [0.3, 0.4) is 0 Å². The quantitative estimate of drug-likeness (QED) is 0.324. The van der Waals surface area contributed by atoms with Crippen LogP contribution in [0, 0.1) is 23.1 Å². The number of amides is 2. The summed E-state index contributed by atoms with van der Waals surface area (Å²) < 4.78 is 32.5. The summed E-state index contributed by atoms with van der Waals surface area (Å²) in [5.74, 6) is -0.893. The number of anilines is 1. The number of ether oxygens (including phenoxy) is 3. The van der Waals surface area contributed by atoms with Crippen molar-refractivity contribution in [3.05, 3.63) is 48.4 Å². The second kappa shape index (κ2) is 11.4. The van der Waals surface area contributed by atoms with Crippen LogP contribution < -0.4 is 25.3 Å². The third kappa shape index (κ3) is 5.34. The summed E-state index contributed by atoms with van der Waals surface area (Å²) >= 11 is 0. The molecule has 1 aliphatic rings. The number of nitrogens with zero attached hydrogens (tertiary/aromatic N) is 2. The van der Waals surface area contributed by atoms with Gasteiger partial charge in [-0.1, -0.05) is 27.7 Å². The monoisotopic (exact) mass is 538 g/mol. The number of nitrogens with two attached hydrogens (primary N) is 1. The van der Waals surface area contributed by atoms with Gasteiger partial charge in [0.2, 0.25) is 11.8 Å². The van der Waals surface area contributed by atoms with Gasteiger partial charge in [0.15, 0.2) is 23.1 Å². The Morgan fingerprint density at radius 1 is 1.05 bits per heavy atom. The standard InChI is InChI=1S/C29H35FN4O5/c1-6-34(7-2)12-13-38-26-16-22-20(15-25(26)37-5)23(10-11-32-22)39-24-9-8-19(14-21(24)30)33-28(36)29(27(31)35)17(3)18(29)4/h8-11,14-18H,6-7,12-13H2,1-5H3,(H2,31,35)(H,33,36)/t17-,18-/m1/s1. The number of fused-ring (bicyclic) bond motifs is 1. The Morgan fingerprint density at radius 3 is 2.36 bits per heavy atom. The van der Waals surface area contributed by atoms with Gasteiger partial charge in [0.25, 0.3) is 0 Å². The molecule has 1 aromatic heterocycles. The van der Waals surface area contributed by atoms with E-state index in [2.05, 4.69) is 29.0 Å². The molecule has 10 heteroatoms. The molecule has 208 valence electrons. The number of aromatic nitrogens is 1. The Kier molecular flexibility index (Phi) is 8.25. The van der Waals surface area contributed by atoms with Gasteiger partial charge in [0.05, 0.1) is 12.6 Å². The molecule has 39 heavy (non-hydrogen) atoms. The number of rotatable bonds is 12. The summed E-state index contributed by atoms with van der Waals surface area (Å²) in [7, 11) is 1.55. The molecule has 0 unspecified atom stereocenters. The average molecular weight is 539 g/mol. The first-order valence-corrected chi connectivity index (χ1v) is 13.1. The first-order valence-electron chi connectivity index (χ1n) is 13.1. The average Bonchev–Trinajstić information content (AvgIpc) is 3.48. The van der Waals surface area contributed by atoms with Gasteiger partial charge in [0, 0.05) is 35.9 Å². The van der Waals surface area contributed by atoms with Crippen molar-refractivity contribution in [2.45, 2.75) is 27.7 Å². The molecule has 3 aromatic rings. The molecule has 3 N–H and O–H groups in total. The van der Waals surface area contributed by atoms with Crippen molar-refractivity contribution >= 4 is 28.4 Å². The molecule has 9 nitrogen and oxygen atoms in total. The van der Waals surface area contributed by atoms with Crippen LogP contribution in [-0.4, -0.2) is 55.0 Å². The van der Waals surface area contributed by atoms with E-state index in [-0.39, 0.29) is 23.3 Å². The number of halogens is 1. The predicted octanol–water partition coefficient (Wildman–Crippen LogP) is 4.59. The first-order chi connectivity index (χ1) is 18.7. The molecule has 2 atom stereocenters. The first kappa shape index (κ1) is 28.1. The fourth-order valence-corrected chi connectivity index (χ4v) is 5.08. The summed E-state index contributed by atoms with van der Waals surface area (Å²) in [6.07, 6.45) is 1.57. The minimum absolute atomic E-state index is 0.0446. The van der Waals surface area contributed by atoms with E-state index in [9.17, 15) is 9.59 Å². The number of benzene rings is 2. The molecule has 2 amide bonds. The van der Waals surface area contributed by atoms with E-state index >= 15 is 4.39 Å². The number of pyridine rings is 1. The van der Waals surface area contributed by atoms with Crippen molar-refractivity contribution in [2.75, 3.05) is 38.7 Å². The number of hydrogen-bond donors (Lipinski definition) is 2. The van der Waals surface area contributed by atoms with Gasteiger partial charge in [0.1, 0.15) is 17.8 Å². The summed E-state index contributed by atoms with van der Waals surface area (Å²) in [5.41, 5.74) is 5.03. The molecule has 1 heterocycles. The van der Waals surface area contributed by atoms with Crippen LogP contribution in [0.25, 0.3) is 10.9 Å². The Bertz CT molecular complexity index is 1370.